The zero-order valence-corrected chi connectivity index (χ0v) is 15.5. The average molecular weight is 375 g/mol. The molecule has 0 saturated heterocycles. The first kappa shape index (κ1) is 16.3. The molecule has 0 spiro atoms. The average Bonchev–Trinajstić information content (AvgIpc) is 3.13. The molecule has 0 fully saturated rings. The fraction of sp³-hybridized carbons (Fsp3) is 0.353. The summed E-state index contributed by atoms with van der Waals surface area (Å²) in [5, 5.41) is 0.643. The minimum Gasteiger partial charge on any atom is -0.469 e. The van der Waals surface area contributed by atoms with Gasteiger partial charge in [-0.05, 0) is 56.0 Å². The Morgan fingerprint density at radius 1 is 1.52 bits per heavy atom. The van der Waals surface area contributed by atoms with Gasteiger partial charge in [-0.1, -0.05) is 6.92 Å². The molecule has 1 aliphatic rings. The summed E-state index contributed by atoms with van der Waals surface area (Å²) in [6.07, 6.45) is 4.36. The van der Waals surface area contributed by atoms with Crippen molar-refractivity contribution in [3.8, 4) is 0 Å². The lowest BCUT2D eigenvalue weighted by Crippen LogP contribution is -2.34. The van der Waals surface area contributed by atoms with E-state index in [1.54, 1.807) is 24.3 Å². The Morgan fingerprint density at radius 2 is 2.32 bits per heavy atom. The summed E-state index contributed by atoms with van der Waals surface area (Å²) in [5.41, 5.74) is 3.79. The zero-order chi connectivity index (χ0) is 17.7. The van der Waals surface area contributed by atoms with Crippen LogP contribution in [0.2, 0.25) is 0 Å². The molecule has 8 heteroatoms. The maximum atomic E-state index is 13.0. The smallest absolute Gasteiger partial charge is 0.282 e. The summed E-state index contributed by atoms with van der Waals surface area (Å²) in [6.45, 7) is 3.92. The van der Waals surface area contributed by atoms with E-state index in [4.69, 9.17) is 16.6 Å². The summed E-state index contributed by atoms with van der Waals surface area (Å²) < 4.78 is 6.45. The number of furan rings is 1. The van der Waals surface area contributed by atoms with E-state index in [0.717, 1.165) is 34.3 Å². The molecule has 6 nitrogen and oxygen atoms in total. The topological polar surface area (TPSA) is 80.0 Å². The first-order valence-corrected chi connectivity index (χ1v) is 9.33. The molecule has 0 saturated carbocycles. The predicted octanol–water partition coefficient (Wildman–Crippen LogP) is 3.53. The van der Waals surface area contributed by atoms with Gasteiger partial charge < -0.3 is 9.40 Å². The van der Waals surface area contributed by atoms with Crippen LogP contribution in [0.15, 0.2) is 21.5 Å². The number of nitrogens with zero attached hydrogens (tertiary/aromatic N) is 1. The Hall–Kier alpha value is -2.19. The molecule has 4 rings (SSSR count). The van der Waals surface area contributed by atoms with Crippen molar-refractivity contribution in [2.24, 2.45) is 5.92 Å². The number of thiophene rings is 1. The Labute approximate surface area is 152 Å². The molecule has 0 radical (unpaired) electrons. The number of hydrogen-bond donors (Lipinski definition) is 2. The van der Waals surface area contributed by atoms with Gasteiger partial charge in [-0.2, -0.15) is 4.68 Å². The van der Waals surface area contributed by atoms with Gasteiger partial charge in [-0.25, -0.2) is 0 Å². The highest BCUT2D eigenvalue weighted by atomic mass is 32.1. The first-order valence-electron chi connectivity index (χ1n) is 8.10. The van der Waals surface area contributed by atoms with Crippen molar-refractivity contribution >= 4 is 39.7 Å². The van der Waals surface area contributed by atoms with Gasteiger partial charge in [0.05, 0.1) is 17.2 Å². The Balaban J connectivity index is 1.82. The zero-order valence-electron chi connectivity index (χ0n) is 13.8. The molecule has 0 aromatic carbocycles. The number of aryl methyl sites for hydroxylation is 2. The molecular weight excluding hydrogens is 358 g/mol. The lowest BCUT2D eigenvalue weighted by Gasteiger charge is -2.17. The van der Waals surface area contributed by atoms with Crippen LogP contribution in [0.5, 0.6) is 0 Å². The van der Waals surface area contributed by atoms with Crippen LogP contribution < -0.4 is 11.0 Å². The van der Waals surface area contributed by atoms with E-state index in [9.17, 15) is 9.59 Å². The molecule has 3 aromatic heterocycles. The Kier molecular flexibility index (Phi) is 3.88. The van der Waals surface area contributed by atoms with Gasteiger partial charge in [0.2, 0.25) is 4.77 Å². The second-order valence-corrected chi connectivity index (χ2v) is 7.95. The van der Waals surface area contributed by atoms with E-state index in [1.165, 1.54) is 11.1 Å². The van der Waals surface area contributed by atoms with Gasteiger partial charge in [-0.15, -0.1) is 11.3 Å². The number of nitrogens with one attached hydrogen (secondary N) is 2. The van der Waals surface area contributed by atoms with Crippen LogP contribution in [0, 0.1) is 17.6 Å². The number of H-pyrrole nitrogens is 1. The Bertz CT molecular complexity index is 1100. The first-order chi connectivity index (χ1) is 12.0. The van der Waals surface area contributed by atoms with Crippen LogP contribution in [-0.2, 0) is 12.8 Å². The molecule has 130 valence electrons. The van der Waals surface area contributed by atoms with Gasteiger partial charge in [0.15, 0.2) is 0 Å². The molecule has 0 bridgehead atoms. The van der Waals surface area contributed by atoms with E-state index in [0.29, 0.717) is 22.6 Å². The van der Waals surface area contributed by atoms with Crippen LogP contribution in [0.25, 0.3) is 10.2 Å². The quantitative estimate of drug-likeness (QED) is 0.672. The van der Waals surface area contributed by atoms with E-state index in [-0.39, 0.29) is 10.3 Å². The third-order valence-electron chi connectivity index (χ3n) is 4.67. The molecule has 0 aliphatic heterocycles. The van der Waals surface area contributed by atoms with Crippen molar-refractivity contribution < 1.29 is 9.21 Å². The molecule has 1 amide bonds. The summed E-state index contributed by atoms with van der Waals surface area (Å²) in [5.74, 6) is 0.683. The summed E-state index contributed by atoms with van der Waals surface area (Å²) >= 11 is 6.88. The summed E-state index contributed by atoms with van der Waals surface area (Å²) in [6, 6.07) is 1.56. The highest BCUT2D eigenvalue weighted by molar-refractivity contribution is 7.71. The van der Waals surface area contributed by atoms with Gasteiger partial charge in [0.1, 0.15) is 10.6 Å². The van der Waals surface area contributed by atoms with Crippen molar-refractivity contribution in [2.75, 3.05) is 5.43 Å². The van der Waals surface area contributed by atoms with Gasteiger partial charge >= 0.3 is 0 Å². The SMILES string of the molecule is Cc1occc1C(=O)Nn1c(=S)[nH]c2sc3c(c2c1=O)CC[C@@H](C)C3. The highest BCUT2D eigenvalue weighted by Gasteiger charge is 2.24. The second kappa shape index (κ2) is 5.96. The lowest BCUT2D eigenvalue weighted by atomic mass is 9.89. The van der Waals surface area contributed by atoms with Crippen molar-refractivity contribution in [2.45, 2.75) is 33.1 Å². The van der Waals surface area contributed by atoms with Crippen molar-refractivity contribution in [3.63, 3.8) is 0 Å². The summed E-state index contributed by atoms with van der Waals surface area (Å²) in [4.78, 5) is 30.5. The van der Waals surface area contributed by atoms with Crippen LogP contribution in [0.4, 0.5) is 0 Å². The van der Waals surface area contributed by atoms with Crippen LogP contribution in [0.3, 0.4) is 0 Å². The van der Waals surface area contributed by atoms with E-state index in [2.05, 4.69) is 17.3 Å². The number of carbonyl (C=O) groups excluding carboxylic acids is 1. The minimum atomic E-state index is -0.426. The minimum absolute atomic E-state index is 0.179. The maximum Gasteiger partial charge on any atom is 0.282 e. The number of hydrogen-bond acceptors (Lipinski definition) is 5. The molecule has 2 N–H and O–H groups in total. The molecular formula is C17H17N3O3S2. The second-order valence-electron chi connectivity index (χ2n) is 6.46. The normalized spacial score (nSPS) is 16.8. The number of rotatable bonds is 2. The maximum absolute atomic E-state index is 13.0. The van der Waals surface area contributed by atoms with Gasteiger partial charge in [0, 0.05) is 4.88 Å². The van der Waals surface area contributed by atoms with Crippen molar-refractivity contribution in [1.82, 2.24) is 9.66 Å². The van der Waals surface area contributed by atoms with E-state index in [1.807, 2.05) is 0 Å². The Morgan fingerprint density at radius 3 is 3.04 bits per heavy atom. The molecule has 1 atom stereocenters. The number of aromatic amines is 1. The van der Waals surface area contributed by atoms with Gasteiger partial charge in [-0.3, -0.25) is 15.0 Å². The predicted molar refractivity (Wildman–Crippen MR) is 99.6 cm³/mol. The fourth-order valence-electron chi connectivity index (χ4n) is 3.31. The largest absolute Gasteiger partial charge is 0.469 e. The van der Waals surface area contributed by atoms with E-state index >= 15 is 0 Å². The molecule has 0 unspecified atom stereocenters. The number of amides is 1. The third kappa shape index (κ3) is 2.65. The molecule has 3 heterocycles. The van der Waals surface area contributed by atoms with E-state index < -0.39 is 5.91 Å². The van der Waals surface area contributed by atoms with Gasteiger partial charge in [0.25, 0.3) is 11.5 Å². The summed E-state index contributed by atoms with van der Waals surface area (Å²) in [7, 11) is 0. The van der Waals surface area contributed by atoms with Crippen LogP contribution in [-0.4, -0.2) is 15.6 Å². The highest BCUT2D eigenvalue weighted by Crippen LogP contribution is 2.35. The molecule has 3 aromatic rings. The molecule has 25 heavy (non-hydrogen) atoms. The van der Waals surface area contributed by atoms with Crippen LogP contribution >= 0.6 is 23.6 Å². The molecule has 1 aliphatic carbocycles. The monoisotopic (exact) mass is 375 g/mol. The van der Waals surface area contributed by atoms with Crippen molar-refractivity contribution in [1.29, 1.82) is 0 Å². The van der Waals surface area contributed by atoms with Crippen molar-refractivity contribution in [3.05, 3.63) is 49.2 Å². The number of aromatic nitrogens is 2. The number of carbonyl (C=O) groups is 1. The third-order valence-corrected chi connectivity index (χ3v) is 6.12. The lowest BCUT2D eigenvalue weighted by molar-refractivity contribution is 0.100. The van der Waals surface area contributed by atoms with Crippen LogP contribution in [0.1, 0.15) is 39.9 Å². The fourth-order valence-corrected chi connectivity index (χ4v) is 5.00. The standard InChI is InChI=1S/C17H17N3O3S2/c1-8-3-4-11-12(7-8)25-15-13(11)16(22)20(17(24)18-15)19-14(21)10-5-6-23-9(10)2/h5-6,8H,3-4,7H2,1-2H3,(H,18,24)(H,19,21)/t8-/m1/s1. The number of fused-ring (bicyclic) bond motifs is 3.